The fraction of sp³-hybridized carbons (Fsp3) is 0.300. The Hall–Kier alpha value is -2.22. The average Bonchev–Trinajstić information content (AvgIpc) is 3.16. The molecule has 1 atom stereocenters. The zero-order valence-corrected chi connectivity index (χ0v) is 12.7. The van der Waals surface area contributed by atoms with Crippen LogP contribution < -0.4 is 4.90 Å². The van der Waals surface area contributed by atoms with Crippen LogP contribution in [0.4, 0.5) is 5.69 Å². The first-order valence-electron chi connectivity index (χ1n) is 8.36. The van der Waals surface area contributed by atoms with Gasteiger partial charge in [-0.1, -0.05) is 36.4 Å². The van der Waals surface area contributed by atoms with Crippen LogP contribution in [0.1, 0.15) is 35.7 Å². The van der Waals surface area contributed by atoms with E-state index < -0.39 is 0 Å². The van der Waals surface area contributed by atoms with E-state index in [1.54, 1.807) is 5.56 Å². The molecule has 1 N–H and O–H groups in total. The summed E-state index contributed by atoms with van der Waals surface area (Å²) in [5.74, 6) is 0. The molecule has 0 spiro atoms. The molecule has 2 nitrogen and oxygen atoms in total. The fourth-order valence-electron chi connectivity index (χ4n) is 4.39. The standard InChI is InChI=1S/C20H20N2/c1-4-10-18-14(6-1)12-13-22(18)19-11-5-8-16-15-7-2-3-9-17(15)21-20(16)19/h1-4,6-7,9-10,19,21H,5,8,11-13H2. The Morgan fingerprint density at radius 1 is 0.955 bits per heavy atom. The number of hydrogen-bond donors (Lipinski definition) is 1. The number of nitrogens with one attached hydrogen (secondary N) is 1. The molecule has 2 aromatic carbocycles. The maximum Gasteiger partial charge on any atom is 0.0695 e. The van der Waals surface area contributed by atoms with Crippen molar-refractivity contribution in [1.82, 2.24) is 4.98 Å². The summed E-state index contributed by atoms with van der Waals surface area (Å²) in [6.07, 6.45) is 4.94. The van der Waals surface area contributed by atoms with Gasteiger partial charge < -0.3 is 9.88 Å². The number of anilines is 1. The lowest BCUT2D eigenvalue weighted by molar-refractivity contribution is 0.523. The van der Waals surface area contributed by atoms with Crippen LogP contribution in [0.3, 0.4) is 0 Å². The third kappa shape index (κ3) is 1.67. The summed E-state index contributed by atoms with van der Waals surface area (Å²) in [5, 5.41) is 1.43. The highest BCUT2D eigenvalue weighted by atomic mass is 15.2. The summed E-state index contributed by atoms with van der Waals surface area (Å²) >= 11 is 0. The number of H-pyrrole nitrogens is 1. The number of aromatic nitrogens is 1. The normalized spacial score (nSPS) is 20.2. The summed E-state index contributed by atoms with van der Waals surface area (Å²) < 4.78 is 0. The number of rotatable bonds is 1. The van der Waals surface area contributed by atoms with Crippen LogP contribution in [0.15, 0.2) is 48.5 Å². The highest BCUT2D eigenvalue weighted by Gasteiger charge is 2.32. The monoisotopic (exact) mass is 288 g/mol. The van der Waals surface area contributed by atoms with Gasteiger partial charge in [0.2, 0.25) is 0 Å². The van der Waals surface area contributed by atoms with Crippen molar-refractivity contribution < 1.29 is 0 Å². The summed E-state index contributed by atoms with van der Waals surface area (Å²) in [4.78, 5) is 6.36. The number of nitrogens with zero attached hydrogens (tertiary/aromatic N) is 1. The lowest BCUT2D eigenvalue weighted by atomic mass is 9.90. The Balaban J connectivity index is 1.64. The van der Waals surface area contributed by atoms with Crippen LogP contribution in [0.5, 0.6) is 0 Å². The highest BCUT2D eigenvalue weighted by Crippen LogP contribution is 2.42. The first kappa shape index (κ1) is 12.3. The number of para-hydroxylation sites is 2. The zero-order valence-electron chi connectivity index (χ0n) is 12.7. The topological polar surface area (TPSA) is 19.0 Å². The van der Waals surface area contributed by atoms with E-state index in [4.69, 9.17) is 0 Å². The second-order valence-corrected chi connectivity index (χ2v) is 6.54. The van der Waals surface area contributed by atoms with Gasteiger partial charge in [0.25, 0.3) is 0 Å². The van der Waals surface area contributed by atoms with E-state index >= 15 is 0 Å². The lowest BCUT2D eigenvalue weighted by Crippen LogP contribution is -2.29. The van der Waals surface area contributed by atoms with Gasteiger partial charge in [-0.25, -0.2) is 0 Å². The Bertz CT molecular complexity index is 846. The van der Waals surface area contributed by atoms with Crippen molar-refractivity contribution in [3.05, 3.63) is 65.4 Å². The Morgan fingerprint density at radius 2 is 1.82 bits per heavy atom. The van der Waals surface area contributed by atoms with Crippen molar-refractivity contribution >= 4 is 16.6 Å². The molecule has 0 saturated carbocycles. The fourth-order valence-corrected chi connectivity index (χ4v) is 4.39. The van der Waals surface area contributed by atoms with Gasteiger partial charge in [-0.15, -0.1) is 0 Å². The summed E-state index contributed by atoms with van der Waals surface area (Å²) in [7, 11) is 0. The van der Waals surface area contributed by atoms with E-state index in [2.05, 4.69) is 58.4 Å². The van der Waals surface area contributed by atoms with Gasteiger partial charge in [-0.3, -0.25) is 0 Å². The van der Waals surface area contributed by atoms with E-state index in [0.717, 1.165) is 6.54 Å². The molecule has 1 aromatic heterocycles. The first-order valence-corrected chi connectivity index (χ1v) is 8.36. The van der Waals surface area contributed by atoms with E-state index in [9.17, 15) is 0 Å². The van der Waals surface area contributed by atoms with Crippen LogP contribution >= 0.6 is 0 Å². The molecule has 0 fully saturated rings. The molecule has 1 aliphatic carbocycles. The summed E-state index contributed by atoms with van der Waals surface area (Å²) in [5.41, 5.74) is 7.26. The highest BCUT2D eigenvalue weighted by molar-refractivity contribution is 5.85. The molecule has 1 aliphatic heterocycles. The molecule has 5 rings (SSSR count). The van der Waals surface area contributed by atoms with E-state index in [0.29, 0.717) is 6.04 Å². The number of aromatic amines is 1. The maximum atomic E-state index is 3.73. The zero-order chi connectivity index (χ0) is 14.5. The second-order valence-electron chi connectivity index (χ2n) is 6.54. The van der Waals surface area contributed by atoms with Gasteiger partial charge in [0.1, 0.15) is 0 Å². The van der Waals surface area contributed by atoms with Crippen molar-refractivity contribution in [1.29, 1.82) is 0 Å². The smallest absolute Gasteiger partial charge is 0.0695 e. The van der Waals surface area contributed by atoms with Crippen molar-refractivity contribution in [3.8, 4) is 0 Å². The molecule has 2 heteroatoms. The predicted octanol–water partition coefficient (Wildman–Crippen LogP) is 4.61. The van der Waals surface area contributed by atoms with Crippen LogP contribution in [0.25, 0.3) is 10.9 Å². The minimum atomic E-state index is 0.514. The SMILES string of the molecule is c1ccc2c(c1)CCN2C1CCCc2c1[nH]c1ccccc21. The Labute approximate surface area is 130 Å². The molecule has 2 aliphatic rings. The van der Waals surface area contributed by atoms with Crippen molar-refractivity contribution in [3.63, 3.8) is 0 Å². The van der Waals surface area contributed by atoms with Crippen molar-refractivity contribution in [2.45, 2.75) is 31.7 Å². The number of fused-ring (bicyclic) bond motifs is 4. The molecule has 0 radical (unpaired) electrons. The van der Waals surface area contributed by atoms with Gasteiger partial charge in [0.15, 0.2) is 0 Å². The van der Waals surface area contributed by atoms with Gasteiger partial charge >= 0.3 is 0 Å². The number of benzene rings is 2. The van der Waals surface area contributed by atoms with E-state index in [1.165, 1.54) is 53.5 Å². The minimum absolute atomic E-state index is 0.514. The molecule has 110 valence electrons. The van der Waals surface area contributed by atoms with Gasteiger partial charge in [-0.05, 0) is 48.9 Å². The molecular weight excluding hydrogens is 268 g/mol. The Morgan fingerprint density at radius 3 is 2.82 bits per heavy atom. The maximum absolute atomic E-state index is 3.73. The minimum Gasteiger partial charge on any atom is -0.362 e. The molecule has 3 aromatic rings. The third-order valence-electron chi connectivity index (χ3n) is 5.38. The van der Waals surface area contributed by atoms with Gasteiger partial charge in [0, 0.05) is 28.8 Å². The third-order valence-corrected chi connectivity index (χ3v) is 5.38. The van der Waals surface area contributed by atoms with E-state index in [-0.39, 0.29) is 0 Å². The van der Waals surface area contributed by atoms with Crippen LogP contribution in [-0.4, -0.2) is 11.5 Å². The predicted molar refractivity (Wildman–Crippen MR) is 91.5 cm³/mol. The van der Waals surface area contributed by atoms with Crippen LogP contribution in [-0.2, 0) is 12.8 Å². The quantitative estimate of drug-likeness (QED) is 0.693. The molecule has 0 amide bonds. The van der Waals surface area contributed by atoms with Crippen molar-refractivity contribution in [2.24, 2.45) is 0 Å². The van der Waals surface area contributed by atoms with Gasteiger partial charge in [0.05, 0.1) is 6.04 Å². The van der Waals surface area contributed by atoms with E-state index in [1.807, 2.05) is 0 Å². The molecule has 0 bridgehead atoms. The Kier molecular flexibility index (Phi) is 2.60. The van der Waals surface area contributed by atoms with Crippen LogP contribution in [0, 0.1) is 0 Å². The second kappa shape index (κ2) is 4.64. The largest absolute Gasteiger partial charge is 0.362 e. The lowest BCUT2D eigenvalue weighted by Gasteiger charge is -2.33. The summed E-state index contributed by atoms with van der Waals surface area (Å²) in [6, 6.07) is 18.2. The molecule has 2 heterocycles. The van der Waals surface area contributed by atoms with Crippen molar-refractivity contribution in [2.75, 3.05) is 11.4 Å². The molecular formula is C20H20N2. The first-order chi connectivity index (χ1) is 10.9. The number of hydrogen-bond acceptors (Lipinski definition) is 1. The number of aryl methyl sites for hydroxylation is 1. The molecule has 22 heavy (non-hydrogen) atoms. The van der Waals surface area contributed by atoms with Gasteiger partial charge in [-0.2, -0.15) is 0 Å². The van der Waals surface area contributed by atoms with Crippen LogP contribution in [0.2, 0.25) is 0 Å². The summed E-state index contributed by atoms with van der Waals surface area (Å²) in [6.45, 7) is 1.15. The molecule has 1 unspecified atom stereocenters. The average molecular weight is 288 g/mol. The molecule has 0 saturated heterocycles.